The Bertz CT molecular complexity index is 623. The van der Waals surface area contributed by atoms with Gasteiger partial charge in [-0.25, -0.2) is 0 Å². The van der Waals surface area contributed by atoms with Crippen LogP contribution in [0.5, 0.6) is 0 Å². The summed E-state index contributed by atoms with van der Waals surface area (Å²) in [5.41, 5.74) is 2.79. The minimum atomic E-state index is -0.617. The molecule has 0 saturated carbocycles. The predicted octanol–water partition coefficient (Wildman–Crippen LogP) is 3.55. The number of nitrogens with one attached hydrogen (secondary N) is 1. The molecule has 1 saturated heterocycles. The van der Waals surface area contributed by atoms with Crippen LogP contribution in [0.1, 0.15) is 44.6 Å². The number of imide groups is 1. The standard InChI is InChI=1S/C18H21NO2S/c1-2-3-4-8-11-22-18-12-14(13-9-6-5-7-10-13)15(18)16(20)19-17(18)21/h5-7,9-10H,2-4,8,11-12H2,1H3,(H,19,20,21)/t18-/m0/s1. The Morgan fingerprint density at radius 3 is 2.64 bits per heavy atom. The maximum atomic E-state index is 12.3. The Morgan fingerprint density at radius 1 is 1.14 bits per heavy atom. The van der Waals surface area contributed by atoms with Gasteiger partial charge in [0, 0.05) is 12.0 Å². The number of benzene rings is 1. The number of hydrogen-bond acceptors (Lipinski definition) is 3. The van der Waals surface area contributed by atoms with E-state index in [1.165, 1.54) is 19.3 Å². The molecule has 116 valence electrons. The van der Waals surface area contributed by atoms with E-state index in [-0.39, 0.29) is 11.8 Å². The second-order valence-corrected chi connectivity index (χ2v) is 7.31. The largest absolute Gasteiger partial charge is 0.291 e. The quantitative estimate of drug-likeness (QED) is 0.618. The van der Waals surface area contributed by atoms with E-state index in [1.807, 2.05) is 30.3 Å². The molecule has 4 heteroatoms. The van der Waals surface area contributed by atoms with Crippen LogP contribution < -0.4 is 5.32 Å². The molecule has 0 spiro atoms. The Balaban J connectivity index is 1.78. The van der Waals surface area contributed by atoms with Crippen LogP contribution in [-0.2, 0) is 9.59 Å². The van der Waals surface area contributed by atoms with Crippen molar-refractivity contribution in [2.45, 2.75) is 43.8 Å². The highest BCUT2D eigenvalue weighted by atomic mass is 32.2. The third-order valence-electron chi connectivity index (χ3n) is 4.42. The fourth-order valence-electron chi connectivity index (χ4n) is 3.19. The van der Waals surface area contributed by atoms with Gasteiger partial charge < -0.3 is 0 Å². The van der Waals surface area contributed by atoms with Gasteiger partial charge in [-0.3, -0.25) is 14.9 Å². The topological polar surface area (TPSA) is 46.2 Å². The molecule has 2 amide bonds. The summed E-state index contributed by atoms with van der Waals surface area (Å²) in [6.45, 7) is 2.19. The van der Waals surface area contributed by atoms with Gasteiger partial charge in [0.15, 0.2) is 0 Å². The first-order valence-corrected chi connectivity index (χ1v) is 8.96. The summed E-state index contributed by atoms with van der Waals surface area (Å²) in [7, 11) is 0. The number of unbranched alkanes of at least 4 members (excludes halogenated alkanes) is 3. The summed E-state index contributed by atoms with van der Waals surface area (Å²) in [6, 6.07) is 9.91. The lowest BCUT2D eigenvalue weighted by Crippen LogP contribution is -2.42. The van der Waals surface area contributed by atoms with Crippen molar-refractivity contribution in [3.63, 3.8) is 0 Å². The van der Waals surface area contributed by atoms with E-state index in [0.717, 1.165) is 23.3 Å². The number of amides is 2. The van der Waals surface area contributed by atoms with Gasteiger partial charge in [0.1, 0.15) is 4.75 Å². The minimum absolute atomic E-state index is 0.118. The van der Waals surface area contributed by atoms with Crippen LogP contribution >= 0.6 is 11.8 Å². The molecule has 0 unspecified atom stereocenters. The van der Waals surface area contributed by atoms with Crippen molar-refractivity contribution in [2.75, 3.05) is 5.75 Å². The first-order valence-electron chi connectivity index (χ1n) is 7.98. The SMILES string of the molecule is CCCCCCS[C@@]12CC(c3ccccc3)=C1C(=O)NC2=O. The van der Waals surface area contributed by atoms with E-state index >= 15 is 0 Å². The van der Waals surface area contributed by atoms with Gasteiger partial charge in [-0.1, -0.05) is 56.5 Å². The van der Waals surface area contributed by atoms with E-state index < -0.39 is 4.75 Å². The molecule has 22 heavy (non-hydrogen) atoms. The lowest BCUT2D eigenvalue weighted by molar-refractivity contribution is -0.124. The Morgan fingerprint density at radius 2 is 1.91 bits per heavy atom. The van der Waals surface area contributed by atoms with Crippen LogP contribution in [0.2, 0.25) is 0 Å². The molecule has 1 heterocycles. The molecule has 1 aliphatic carbocycles. The Kier molecular flexibility index (Phi) is 4.39. The summed E-state index contributed by atoms with van der Waals surface area (Å²) in [6.07, 6.45) is 5.41. The smallest absolute Gasteiger partial charge is 0.256 e. The van der Waals surface area contributed by atoms with Gasteiger partial charge in [0.2, 0.25) is 5.91 Å². The molecule has 2 aliphatic rings. The lowest BCUT2D eigenvalue weighted by Gasteiger charge is -2.37. The van der Waals surface area contributed by atoms with Crippen molar-refractivity contribution >= 4 is 29.1 Å². The van der Waals surface area contributed by atoms with E-state index in [2.05, 4.69) is 12.2 Å². The minimum Gasteiger partial charge on any atom is -0.291 e. The van der Waals surface area contributed by atoms with Crippen LogP contribution in [0.15, 0.2) is 35.9 Å². The summed E-state index contributed by atoms with van der Waals surface area (Å²) in [5, 5.41) is 2.51. The number of allylic oxidation sites excluding steroid dienone is 1. The molecule has 1 aromatic carbocycles. The van der Waals surface area contributed by atoms with E-state index in [4.69, 9.17) is 0 Å². The molecule has 1 atom stereocenters. The van der Waals surface area contributed by atoms with E-state index in [0.29, 0.717) is 12.0 Å². The maximum Gasteiger partial charge on any atom is 0.256 e. The molecule has 3 rings (SSSR count). The molecular weight excluding hydrogens is 294 g/mol. The fraction of sp³-hybridized carbons (Fsp3) is 0.444. The second kappa shape index (κ2) is 6.29. The highest BCUT2D eigenvalue weighted by Gasteiger charge is 2.59. The maximum absolute atomic E-state index is 12.3. The number of carbonyl (C=O) groups excluding carboxylic acids is 2. The highest BCUT2D eigenvalue weighted by molar-refractivity contribution is 8.01. The normalized spacial score (nSPS) is 23.3. The Hall–Kier alpha value is -1.55. The number of hydrogen-bond donors (Lipinski definition) is 1. The number of thioether (sulfide) groups is 1. The van der Waals surface area contributed by atoms with Crippen LogP contribution in [0.3, 0.4) is 0 Å². The van der Waals surface area contributed by atoms with Crippen LogP contribution in [0.25, 0.3) is 5.57 Å². The van der Waals surface area contributed by atoms with Crippen molar-refractivity contribution in [1.82, 2.24) is 5.32 Å². The van der Waals surface area contributed by atoms with Crippen molar-refractivity contribution in [3.05, 3.63) is 41.5 Å². The molecule has 1 fully saturated rings. The summed E-state index contributed by atoms with van der Waals surface area (Å²) in [5.74, 6) is 0.621. The Labute approximate surface area is 135 Å². The summed E-state index contributed by atoms with van der Waals surface area (Å²) < 4.78 is -0.617. The molecule has 1 aromatic rings. The highest BCUT2D eigenvalue weighted by Crippen LogP contribution is 2.55. The third-order valence-corrected chi connectivity index (χ3v) is 5.94. The number of fused-ring (bicyclic) bond motifs is 1. The van der Waals surface area contributed by atoms with Gasteiger partial charge in [-0.05, 0) is 23.3 Å². The van der Waals surface area contributed by atoms with Crippen molar-refractivity contribution < 1.29 is 9.59 Å². The van der Waals surface area contributed by atoms with Crippen LogP contribution in [0, 0.1) is 0 Å². The molecule has 0 radical (unpaired) electrons. The predicted molar refractivity (Wildman–Crippen MR) is 90.5 cm³/mol. The molecule has 1 aliphatic heterocycles. The van der Waals surface area contributed by atoms with Crippen LogP contribution in [0.4, 0.5) is 0 Å². The fourth-order valence-corrected chi connectivity index (χ4v) is 4.68. The van der Waals surface area contributed by atoms with Gasteiger partial charge in [-0.2, -0.15) is 0 Å². The average molecular weight is 315 g/mol. The number of rotatable bonds is 7. The summed E-state index contributed by atoms with van der Waals surface area (Å²) >= 11 is 1.65. The zero-order valence-electron chi connectivity index (χ0n) is 12.9. The van der Waals surface area contributed by atoms with Gasteiger partial charge in [0.25, 0.3) is 5.91 Å². The van der Waals surface area contributed by atoms with Gasteiger partial charge >= 0.3 is 0 Å². The molecule has 1 N–H and O–H groups in total. The van der Waals surface area contributed by atoms with E-state index in [9.17, 15) is 9.59 Å². The van der Waals surface area contributed by atoms with E-state index in [1.54, 1.807) is 11.8 Å². The third kappa shape index (κ3) is 2.50. The van der Waals surface area contributed by atoms with Crippen molar-refractivity contribution in [2.24, 2.45) is 0 Å². The van der Waals surface area contributed by atoms with Gasteiger partial charge in [-0.15, -0.1) is 11.8 Å². The average Bonchev–Trinajstić information content (AvgIpc) is 2.67. The molecular formula is C18H21NO2S. The lowest BCUT2D eigenvalue weighted by atomic mass is 9.75. The molecule has 3 nitrogen and oxygen atoms in total. The molecule has 0 aromatic heterocycles. The zero-order valence-corrected chi connectivity index (χ0v) is 13.7. The van der Waals surface area contributed by atoms with Crippen LogP contribution in [-0.4, -0.2) is 22.3 Å². The molecule has 0 bridgehead atoms. The number of carbonyl (C=O) groups is 2. The van der Waals surface area contributed by atoms with Crippen molar-refractivity contribution in [3.8, 4) is 0 Å². The zero-order chi connectivity index (χ0) is 15.6. The second-order valence-electron chi connectivity index (χ2n) is 5.92. The first-order chi connectivity index (χ1) is 10.7. The summed E-state index contributed by atoms with van der Waals surface area (Å²) in [4.78, 5) is 24.4. The first kappa shape index (κ1) is 15.3. The monoisotopic (exact) mass is 315 g/mol. The van der Waals surface area contributed by atoms with Crippen molar-refractivity contribution in [1.29, 1.82) is 0 Å². The van der Waals surface area contributed by atoms with Gasteiger partial charge in [0.05, 0.1) is 0 Å².